The Bertz CT molecular complexity index is 1240. The number of nitrogens with zero attached hydrogens (tertiary/aromatic N) is 3. The fraction of sp³-hybridized carbons (Fsp3) is 0.483. The van der Waals surface area contributed by atoms with Gasteiger partial charge in [-0.3, -0.25) is 14.4 Å². The molecular formula is C29H37ClN4O7. The number of nitrogens with one attached hydrogen (secondary N) is 1. The lowest BCUT2D eigenvalue weighted by molar-refractivity contribution is -0.155. The van der Waals surface area contributed by atoms with Gasteiger partial charge in [0.1, 0.15) is 11.6 Å². The maximum atomic E-state index is 13.6. The van der Waals surface area contributed by atoms with Crippen LogP contribution >= 0.6 is 11.6 Å². The van der Waals surface area contributed by atoms with E-state index in [2.05, 4.69) is 10.3 Å². The van der Waals surface area contributed by atoms with Gasteiger partial charge in [0.25, 0.3) is 5.91 Å². The number of hydrogen-bond acceptors (Lipinski definition) is 8. The van der Waals surface area contributed by atoms with Crippen molar-refractivity contribution < 1.29 is 33.4 Å². The summed E-state index contributed by atoms with van der Waals surface area (Å²) < 4.78 is 15.8. The molecule has 1 fully saturated rings. The minimum absolute atomic E-state index is 0.00794. The fourth-order valence-corrected chi connectivity index (χ4v) is 4.56. The standard InChI is InChI=1S/C29H37ClN4O7/c1-6-40-28(38)34-16-14-33(15-17-34)27(37)21(12-13-23(35)41-29(2,3)4)32-26(36)24-25(39-5)20(30)18-22(31-24)19-10-8-7-9-11-19/h7-11,18,21H,6,12-17H2,1-5H3,(H,32,36). The molecule has 41 heavy (non-hydrogen) atoms. The third-order valence-corrected chi connectivity index (χ3v) is 6.48. The van der Waals surface area contributed by atoms with Gasteiger partial charge in [0.2, 0.25) is 5.91 Å². The Morgan fingerprint density at radius 1 is 1.05 bits per heavy atom. The second-order valence-corrected chi connectivity index (χ2v) is 10.8. The normalized spacial score (nSPS) is 14.2. The fourth-order valence-electron chi connectivity index (χ4n) is 4.29. The van der Waals surface area contributed by atoms with Crippen molar-refractivity contribution in [3.05, 3.63) is 47.1 Å². The summed E-state index contributed by atoms with van der Waals surface area (Å²) >= 11 is 6.45. The van der Waals surface area contributed by atoms with Gasteiger partial charge >= 0.3 is 12.1 Å². The average molecular weight is 589 g/mol. The summed E-state index contributed by atoms with van der Waals surface area (Å²) in [6.07, 6.45) is -0.555. The molecule has 3 rings (SSSR count). The van der Waals surface area contributed by atoms with Crippen molar-refractivity contribution in [1.82, 2.24) is 20.1 Å². The molecular weight excluding hydrogens is 552 g/mol. The van der Waals surface area contributed by atoms with E-state index in [1.165, 1.54) is 12.0 Å². The molecule has 1 saturated heterocycles. The van der Waals surface area contributed by atoms with Gasteiger partial charge in [-0.25, -0.2) is 9.78 Å². The molecule has 1 aliphatic heterocycles. The van der Waals surface area contributed by atoms with Gasteiger partial charge in [-0.15, -0.1) is 0 Å². The summed E-state index contributed by atoms with van der Waals surface area (Å²) in [4.78, 5) is 59.3. The van der Waals surface area contributed by atoms with Crippen LogP contribution in [0.3, 0.4) is 0 Å². The van der Waals surface area contributed by atoms with Crippen LogP contribution in [0.2, 0.25) is 5.02 Å². The summed E-state index contributed by atoms with van der Waals surface area (Å²) in [6, 6.07) is 9.71. The molecule has 1 atom stereocenters. The van der Waals surface area contributed by atoms with Crippen molar-refractivity contribution in [2.45, 2.75) is 52.2 Å². The molecule has 12 heteroatoms. The van der Waals surface area contributed by atoms with E-state index in [1.807, 2.05) is 30.3 Å². The van der Waals surface area contributed by atoms with Crippen molar-refractivity contribution >= 4 is 35.5 Å². The molecule has 2 aromatic rings. The Labute approximate surface area is 245 Å². The molecule has 0 bridgehead atoms. The first-order valence-corrected chi connectivity index (χ1v) is 13.8. The number of methoxy groups -OCH3 is 1. The summed E-state index contributed by atoms with van der Waals surface area (Å²) in [5.41, 5.74) is 0.396. The van der Waals surface area contributed by atoms with Crippen molar-refractivity contribution in [3.8, 4) is 17.0 Å². The Kier molecular flexibility index (Phi) is 10.9. The van der Waals surface area contributed by atoms with Gasteiger partial charge in [-0.05, 0) is 40.2 Å². The highest BCUT2D eigenvalue weighted by Gasteiger charge is 2.32. The van der Waals surface area contributed by atoms with Crippen LogP contribution in [-0.2, 0) is 19.1 Å². The summed E-state index contributed by atoms with van der Waals surface area (Å²) in [6.45, 7) is 8.27. The number of halogens is 1. The molecule has 1 N–H and O–H groups in total. The molecule has 1 aromatic heterocycles. The van der Waals surface area contributed by atoms with Crippen molar-refractivity contribution in [3.63, 3.8) is 0 Å². The molecule has 0 aliphatic carbocycles. The molecule has 0 radical (unpaired) electrons. The van der Waals surface area contributed by atoms with E-state index in [1.54, 1.807) is 38.7 Å². The number of piperazine rings is 1. The van der Waals surface area contributed by atoms with Crippen LogP contribution < -0.4 is 10.1 Å². The van der Waals surface area contributed by atoms with Gasteiger partial charge in [-0.2, -0.15) is 0 Å². The Morgan fingerprint density at radius 2 is 1.68 bits per heavy atom. The zero-order chi connectivity index (χ0) is 30.2. The van der Waals surface area contributed by atoms with Gasteiger partial charge in [0, 0.05) is 38.2 Å². The minimum Gasteiger partial charge on any atom is -0.493 e. The molecule has 3 amide bonds. The predicted molar refractivity (Wildman–Crippen MR) is 153 cm³/mol. The lowest BCUT2D eigenvalue weighted by Gasteiger charge is -2.36. The van der Waals surface area contributed by atoms with E-state index in [4.69, 9.17) is 25.8 Å². The number of pyridine rings is 1. The van der Waals surface area contributed by atoms with Crippen LogP contribution in [0.15, 0.2) is 36.4 Å². The number of amides is 3. The first-order valence-electron chi connectivity index (χ1n) is 13.5. The van der Waals surface area contributed by atoms with E-state index >= 15 is 0 Å². The number of benzene rings is 1. The van der Waals surface area contributed by atoms with E-state index in [0.29, 0.717) is 5.69 Å². The zero-order valence-electron chi connectivity index (χ0n) is 24.1. The highest BCUT2D eigenvalue weighted by Crippen LogP contribution is 2.32. The van der Waals surface area contributed by atoms with Crippen molar-refractivity contribution in [2.75, 3.05) is 39.9 Å². The summed E-state index contributed by atoms with van der Waals surface area (Å²) in [5.74, 6) is -1.52. The molecule has 11 nitrogen and oxygen atoms in total. The van der Waals surface area contributed by atoms with Gasteiger partial charge < -0.3 is 29.3 Å². The largest absolute Gasteiger partial charge is 0.493 e. The molecule has 1 unspecified atom stereocenters. The van der Waals surface area contributed by atoms with Crippen molar-refractivity contribution in [2.24, 2.45) is 0 Å². The quantitative estimate of drug-likeness (QED) is 0.437. The lowest BCUT2D eigenvalue weighted by Crippen LogP contribution is -2.56. The van der Waals surface area contributed by atoms with Gasteiger partial charge in [0.15, 0.2) is 11.4 Å². The number of aromatic nitrogens is 1. The molecule has 2 heterocycles. The van der Waals surface area contributed by atoms with E-state index in [0.717, 1.165) is 5.56 Å². The third kappa shape index (κ3) is 8.81. The highest BCUT2D eigenvalue weighted by molar-refractivity contribution is 6.33. The van der Waals surface area contributed by atoms with Crippen LogP contribution in [0.4, 0.5) is 4.79 Å². The number of carbonyl (C=O) groups excluding carboxylic acids is 4. The van der Waals surface area contributed by atoms with Gasteiger partial charge in [0.05, 0.1) is 24.4 Å². The van der Waals surface area contributed by atoms with E-state index in [-0.39, 0.29) is 62.1 Å². The summed E-state index contributed by atoms with van der Waals surface area (Å²) in [7, 11) is 1.37. The Morgan fingerprint density at radius 3 is 2.27 bits per heavy atom. The molecule has 1 aromatic carbocycles. The number of rotatable bonds is 9. The average Bonchev–Trinajstić information content (AvgIpc) is 2.94. The monoisotopic (exact) mass is 588 g/mol. The van der Waals surface area contributed by atoms with Crippen LogP contribution in [0.1, 0.15) is 51.0 Å². The maximum absolute atomic E-state index is 13.6. The van der Waals surface area contributed by atoms with Crippen LogP contribution in [0.5, 0.6) is 5.75 Å². The highest BCUT2D eigenvalue weighted by atomic mass is 35.5. The van der Waals surface area contributed by atoms with E-state index in [9.17, 15) is 19.2 Å². The third-order valence-electron chi connectivity index (χ3n) is 6.19. The van der Waals surface area contributed by atoms with Crippen LogP contribution in [-0.4, -0.2) is 90.2 Å². The molecule has 1 aliphatic rings. The van der Waals surface area contributed by atoms with Crippen LogP contribution in [0, 0.1) is 0 Å². The first-order chi connectivity index (χ1) is 19.4. The SMILES string of the molecule is CCOC(=O)N1CCN(C(=O)C(CCC(=O)OC(C)(C)C)NC(=O)c2nc(-c3ccccc3)cc(Cl)c2OC)CC1. The second kappa shape index (κ2) is 14.2. The van der Waals surface area contributed by atoms with E-state index < -0.39 is 35.5 Å². The topological polar surface area (TPSA) is 127 Å². The summed E-state index contributed by atoms with van der Waals surface area (Å²) in [5, 5.41) is 2.92. The number of carbonyl (C=O) groups is 4. The molecule has 0 spiro atoms. The lowest BCUT2D eigenvalue weighted by atomic mass is 10.1. The number of esters is 1. The smallest absolute Gasteiger partial charge is 0.409 e. The van der Waals surface area contributed by atoms with Gasteiger partial charge in [-0.1, -0.05) is 41.9 Å². The maximum Gasteiger partial charge on any atom is 0.409 e. The first kappa shape index (κ1) is 31.7. The Balaban J connectivity index is 1.84. The minimum atomic E-state index is -1.07. The number of hydrogen-bond donors (Lipinski definition) is 1. The van der Waals surface area contributed by atoms with Crippen LogP contribution in [0.25, 0.3) is 11.3 Å². The Hall–Kier alpha value is -3.86. The molecule has 222 valence electrons. The second-order valence-electron chi connectivity index (χ2n) is 10.4. The predicted octanol–water partition coefficient (Wildman–Crippen LogP) is 3.93. The number of ether oxygens (including phenoxy) is 3. The molecule has 0 saturated carbocycles. The van der Waals surface area contributed by atoms with Crippen molar-refractivity contribution in [1.29, 1.82) is 0 Å². The zero-order valence-corrected chi connectivity index (χ0v) is 24.8.